The van der Waals surface area contributed by atoms with Gasteiger partial charge in [0.15, 0.2) is 0 Å². The molecule has 7 heteroatoms. The van der Waals surface area contributed by atoms with E-state index in [1.807, 2.05) is 0 Å². The molecule has 0 saturated carbocycles. The van der Waals surface area contributed by atoms with Crippen molar-refractivity contribution in [1.29, 1.82) is 0 Å². The molecular formula is C13H14NiO6-2. The number of allylic oxidation sites excluding steroid dienone is 1. The van der Waals surface area contributed by atoms with Gasteiger partial charge < -0.3 is 12.2 Å². The van der Waals surface area contributed by atoms with Gasteiger partial charge in [0.1, 0.15) is 0 Å². The van der Waals surface area contributed by atoms with Gasteiger partial charge in [-0.15, -0.1) is 0 Å². The number of esters is 3. The van der Waals surface area contributed by atoms with Gasteiger partial charge in [0, 0.05) is 0 Å². The molecule has 0 aliphatic heterocycles. The third-order valence-corrected chi connectivity index (χ3v) is 1.71. The molecule has 6 nitrogen and oxygen atoms in total. The number of carbonyl (C=O) groups excluding carboxylic acids is 3. The van der Waals surface area contributed by atoms with Crippen molar-refractivity contribution in [3.63, 3.8) is 0 Å². The fourth-order valence-electron chi connectivity index (χ4n) is 0.679. The fourth-order valence-corrected chi connectivity index (χ4v) is 0.774. The predicted molar refractivity (Wildman–Crippen MR) is 67.6 cm³/mol. The zero-order valence-electron chi connectivity index (χ0n) is 10.9. The van der Waals surface area contributed by atoms with Gasteiger partial charge in [-0.25, -0.2) is 4.79 Å². The Morgan fingerprint density at radius 2 is 1.70 bits per heavy atom. The SMILES string of the molecule is [CH-]=C(/C=C\[CH]=[Ni])C(=O)OCOC(=O)/C=C/C(=O)OC.[CH3-]. The summed E-state index contributed by atoms with van der Waals surface area (Å²) in [6, 6.07) is 0. The minimum atomic E-state index is -0.868. The normalized spacial score (nSPS) is 9.75. The van der Waals surface area contributed by atoms with Crippen LogP contribution in [0, 0.1) is 14.0 Å². The summed E-state index contributed by atoms with van der Waals surface area (Å²) < 4.78 is 13.2. The van der Waals surface area contributed by atoms with E-state index in [2.05, 4.69) is 29.2 Å². The molecule has 0 aromatic carbocycles. The smallest absolute Gasteiger partial charge is 0.466 e. The van der Waals surface area contributed by atoms with Crippen LogP contribution in [0.3, 0.4) is 0 Å². The van der Waals surface area contributed by atoms with E-state index in [4.69, 9.17) is 6.58 Å². The van der Waals surface area contributed by atoms with Crippen LogP contribution < -0.4 is 0 Å². The molecule has 0 aromatic rings. The third kappa shape index (κ3) is 9.97. The van der Waals surface area contributed by atoms with E-state index in [9.17, 15) is 14.4 Å². The summed E-state index contributed by atoms with van der Waals surface area (Å²) >= 11 is 4.22. The maximum atomic E-state index is 11.2. The average Bonchev–Trinajstić information content (AvgIpc) is 2.41. The van der Waals surface area contributed by atoms with E-state index in [1.165, 1.54) is 17.1 Å². The Morgan fingerprint density at radius 1 is 1.10 bits per heavy atom. The molecule has 0 aliphatic rings. The van der Waals surface area contributed by atoms with E-state index >= 15 is 0 Å². The first-order valence-corrected chi connectivity index (χ1v) is 5.37. The Labute approximate surface area is 125 Å². The molecule has 0 amide bonds. The topological polar surface area (TPSA) is 78.9 Å². The van der Waals surface area contributed by atoms with Crippen LogP contribution in [0.5, 0.6) is 0 Å². The van der Waals surface area contributed by atoms with Gasteiger partial charge in [-0.3, -0.25) is 0 Å². The second-order valence-corrected chi connectivity index (χ2v) is 3.12. The van der Waals surface area contributed by atoms with E-state index in [-0.39, 0.29) is 13.0 Å². The zero-order chi connectivity index (χ0) is 14.7. The zero-order valence-corrected chi connectivity index (χ0v) is 11.9. The third-order valence-electron chi connectivity index (χ3n) is 1.52. The fraction of sp³-hybridized carbons (Fsp3) is 0.154. The van der Waals surface area contributed by atoms with Crippen molar-refractivity contribution in [2.75, 3.05) is 13.9 Å². The molecule has 0 spiro atoms. The average molecular weight is 325 g/mol. The molecule has 0 bridgehead atoms. The summed E-state index contributed by atoms with van der Waals surface area (Å²) in [5, 5.41) is 0. The molecule has 0 radical (unpaired) electrons. The van der Waals surface area contributed by atoms with Gasteiger partial charge in [0.2, 0.25) is 0 Å². The summed E-state index contributed by atoms with van der Waals surface area (Å²) in [5.74, 6) is -2.44. The summed E-state index contributed by atoms with van der Waals surface area (Å²) in [6.07, 6.45) is 4.35. The van der Waals surface area contributed by atoms with Crippen molar-refractivity contribution in [3.8, 4) is 0 Å². The van der Waals surface area contributed by atoms with E-state index in [1.54, 1.807) is 0 Å². The molecule has 0 N–H and O–H groups in total. The van der Waals surface area contributed by atoms with Crippen LogP contribution >= 0.6 is 0 Å². The Bertz CT molecular complexity index is 436. The number of rotatable bonds is 7. The van der Waals surface area contributed by atoms with Gasteiger partial charge in [-0.1, -0.05) is 0 Å². The molecule has 0 unspecified atom stereocenters. The van der Waals surface area contributed by atoms with Gasteiger partial charge in [-0.2, -0.15) is 0 Å². The molecule has 0 fully saturated rings. The molecule has 0 rings (SSSR count). The number of hydrogen-bond donors (Lipinski definition) is 0. The van der Waals surface area contributed by atoms with Crippen LogP contribution in [0.2, 0.25) is 0 Å². The van der Waals surface area contributed by atoms with Crippen LogP contribution in [-0.4, -0.2) is 36.8 Å². The molecule has 0 saturated heterocycles. The summed E-state index contributed by atoms with van der Waals surface area (Å²) in [6.45, 7) is 4.69. The monoisotopic (exact) mass is 324 g/mol. The Hall–Kier alpha value is -2.01. The van der Waals surface area contributed by atoms with Crippen molar-refractivity contribution in [3.05, 3.63) is 43.9 Å². The van der Waals surface area contributed by atoms with Crippen molar-refractivity contribution in [2.24, 2.45) is 0 Å². The van der Waals surface area contributed by atoms with Gasteiger partial charge in [-0.05, 0) is 0 Å². The summed E-state index contributed by atoms with van der Waals surface area (Å²) in [5.41, 5.74) is -0.186. The molecular weight excluding hydrogens is 311 g/mol. The first-order chi connectivity index (χ1) is 9.01. The van der Waals surface area contributed by atoms with E-state index in [0.29, 0.717) is 0 Å². The Kier molecular flexibility index (Phi) is 12.2. The number of hydrogen-bond acceptors (Lipinski definition) is 6. The second kappa shape index (κ2) is 12.0. The number of methoxy groups -OCH3 is 1. The predicted octanol–water partition coefficient (Wildman–Crippen LogP) is 0.474. The van der Waals surface area contributed by atoms with Crippen molar-refractivity contribution >= 4 is 22.9 Å². The van der Waals surface area contributed by atoms with Crippen LogP contribution in [0.4, 0.5) is 0 Å². The first kappa shape index (κ1) is 20.3. The van der Waals surface area contributed by atoms with Crippen molar-refractivity contribution in [2.45, 2.75) is 0 Å². The van der Waals surface area contributed by atoms with Crippen molar-refractivity contribution in [1.82, 2.24) is 0 Å². The summed E-state index contributed by atoms with van der Waals surface area (Å²) in [4.78, 5) is 34.1. The maximum absolute atomic E-state index is 11.2. The van der Waals surface area contributed by atoms with Crippen LogP contribution in [-0.2, 0) is 43.6 Å². The molecule has 0 aromatic heterocycles. The van der Waals surface area contributed by atoms with Gasteiger partial charge >= 0.3 is 100 Å². The van der Waals surface area contributed by atoms with Gasteiger partial charge in [0.25, 0.3) is 0 Å². The molecule has 114 valence electrons. The molecule has 0 heterocycles. The molecule has 20 heavy (non-hydrogen) atoms. The summed E-state index contributed by atoms with van der Waals surface area (Å²) in [7, 11) is 1.16. The minimum Gasteiger partial charge on any atom is -0.466 e. The Morgan fingerprint density at radius 3 is 2.25 bits per heavy atom. The van der Waals surface area contributed by atoms with Crippen LogP contribution in [0.25, 0.3) is 0 Å². The van der Waals surface area contributed by atoms with Crippen LogP contribution in [0.15, 0.2) is 29.9 Å². The number of carbonyl (C=O) groups is 3. The molecule has 0 atom stereocenters. The quantitative estimate of drug-likeness (QED) is 0.169. The molecule has 0 aliphatic carbocycles. The van der Waals surface area contributed by atoms with Crippen LogP contribution in [0.1, 0.15) is 0 Å². The minimum absolute atomic E-state index is 0. The standard InChI is InChI=1S/C12H11O6.CH3.Ni/c1-4-5-9(2)12(15)18-8-17-11(14)7-6-10(13)16-3;;/h1-2,4-7H,8H2,3H3;1H3;/q2*-1;/b5-4-,7-6+;;. The van der Waals surface area contributed by atoms with E-state index < -0.39 is 24.7 Å². The Balaban J connectivity index is 0. The second-order valence-electron chi connectivity index (χ2n) is 2.79. The van der Waals surface area contributed by atoms with E-state index in [0.717, 1.165) is 19.3 Å². The van der Waals surface area contributed by atoms with Gasteiger partial charge in [0.05, 0.1) is 7.11 Å². The number of ether oxygens (including phenoxy) is 3. The van der Waals surface area contributed by atoms with Crippen molar-refractivity contribution < 1.29 is 43.6 Å². The first-order valence-electron chi connectivity index (χ1n) is 4.80.